The zero-order valence-electron chi connectivity index (χ0n) is 13.6. The first-order valence-electron chi connectivity index (χ1n) is 8.20. The Morgan fingerprint density at radius 1 is 1.24 bits per heavy atom. The van der Waals surface area contributed by atoms with Crippen molar-refractivity contribution < 1.29 is 14.3 Å². The summed E-state index contributed by atoms with van der Waals surface area (Å²) in [6.45, 7) is 1.96. The van der Waals surface area contributed by atoms with Crippen molar-refractivity contribution in [3.05, 3.63) is 53.9 Å². The number of hydrogen-bond acceptors (Lipinski definition) is 5. The van der Waals surface area contributed by atoms with E-state index in [0.29, 0.717) is 30.1 Å². The van der Waals surface area contributed by atoms with Crippen LogP contribution in [0.5, 0.6) is 5.75 Å². The molecule has 1 saturated heterocycles. The number of carbonyl (C=O) groups excluding carboxylic acids is 2. The summed E-state index contributed by atoms with van der Waals surface area (Å²) >= 11 is 0. The highest BCUT2D eigenvalue weighted by molar-refractivity contribution is 5.99. The van der Waals surface area contributed by atoms with Gasteiger partial charge in [0, 0.05) is 37.6 Å². The van der Waals surface area contributed by atoms with Gasteiger partial charge in [0.25, 0.3) is 11.8 Å². The smallest absolute Gasteiger partial charge is 0.262 e. The largest absolute Gasteiger partial charge is 0.482 e. The van der Waals surface area contributed by atoms with Gasteiger partial charge in [-0.25, -0.2) is 0 Å². The molecule has 2 amide bonds. The molecule has 1 atom stereocenters. The van der Waals surface area contributed by atoms with E-state index in [1.807, 2.05) is 17.0 Å². The van der Waals surface area contributed by atoms with Gasteiger partial charge in [0.2, 0.25) is 0 Å². The minimum absolute atomic E-state index is 0.00566. The topological polar surface area (TPSA) is 83.6 Å². The number of pyridine rings is 1. The van der Waals surface area contributed by atoms with Crippen molar-refractivity contribution >= 4 is 17.5 Å². The van der Waals surface area contributed by atoms with E-state index < -0.39 is 0 Å². The van der Waals surface area contributed by atoms with Gasteiger partial charge in [0.05, 0.1) is 11.7 Å². The lowest BCUT2D eigenvalue weighted by atomic mass is 10.0. The molecule has 4 rings (SSSR count). The fourth-order valence-corrected chi connectivity index (χ4v) is 3.15. The molecule has 2 aliphatic rings. The summed E-state index contributed by atoms with van der Waals surface area (Å²) in [5.74, 6) is 0.325. The van der Waals surface area contributed by atoms with Crippen LogP contribution in [0.1, 0.15) is 22.0 Å². The molecule has 0 bridgehead atoms. The normalized spacial score (nSPS) is 19.6. The number of piperazine rings is 1. The van der Waals surface area contributed by atoms with Crippen molar-refractivity contribution in [2.45, 2.75) is 6.04 Å². The second-order valence-corrected chi connectivity index (χ2v) is 6.09. The molecule has 1 unspecified atom stereocenters. The minimum Gasteiger partial charge on any atom is -0.482 e. The van der Waals surface area contributed by atoms with E-state index in [1.54, 1.807) is 30.6 Å². The van der Waals surface area contributed by atoms with Crippen LogP contribution in [0, 0.1) is 0 Å². The molecule has 7 heteroatoms. The molecule has 0 spiro atoms. The van der Waals surface area contributed by atoms with Gasteiger partial charge in [-0.05, 0) is 35.9 Å². The number of rotatable bonds is 2. The van der Waals surface area contributed by atoms with Crippen molar-refractivity contribution in [3.63, 3.8) is 0 Å². The third-order valence-corrected chi connectivity index (χ3v) is 4.43. The summed E-state index contributed by atoms with van der Waals surface area (Å²) in [6, 6.07) is 9.14. The number of anilines is 1. The number of nitrogens with one attached hydrogen (secondary N) is 2. The summed E-state index contributed by atoms with van der Waals surface area (Å²) in [7, 11) is 0. The Morgan fingerprint density at radius 2 is 2.08 bits per heavy atom. The lowest BCUT2D eigenvalue weighted by molar-refractivity contribution is -0.118. The van der Waals surface area contributed by atoms with Crippen LogP contribution >= 0.6 is 0 Å². The Balaban J connectivity index is 1.52. The van der Waals surface area contributed by atoms with Crippen LogP contribution in [-0.2, 0) is 4.79 Å². The molecule has 128 valence electrons. The number of benzene rings is 1. The summed E-state index contributed by atoms with van der Waals surface area (Å²) in [6.07, 6.45) is 3.51. The first kappa shape index (κ1) is 15.6. The maximum atomic E-state index is 12.9. The number of aromatic nitrogens is 1. The number of carbonyl (C=O) groups is 2. The second-order valence-electron chi connectivity index (χ2n) is 6.09. The molecule has 1 aromatic heterocycles. The van der Waals surface area contributed by atoms with Crippen LogP contribution in [-0.4, -0.2) is 47.9 Å². The molecule has 1 fully saturated rings. The minimum atomic E-state index is -0.211. The van der Waals surface area contributed by atoms with Gasteiger partial charge in [-0.2, -0.15) is 0 Å². The maximum Gasteiger partial charge on any atom is 0.262 e. The average molecular weight is 338 g/mol. The van der Waals surface area contributed by atoms with E-state index >= 15 is 0 Å². The van der Waals surface area contributed by atoms with Gasteiger partial charge in [-0.3, -0.25) is 14.6 Å². The van der Waals surface area contributed by atoms with Crippen molar-refractivity contribution in [3.8, 4) is 5.75 Å². The van der Waals surface area contributed by atoms with Gasteiger partial charge >= 0.3 is 0 Å². The van der Waals surface area contributed by atoms with E-state index in [4.69, 9.17) is 4.74 Å². The molecule has 1 aromatic carbocycles. The first-order valence-corrected chi connectivity index (χ1v) is 8.20. The molecular formula is C18H18N4O3. The first-order chi connectivity index (χ1) is 12.2. The number of hydrogen-bond donors (Lipinski definition) is 2. The van der Waals surface area contributed by atoms with Crippen molar-refractivity contribution in [1.82, 2.24) is 15.2 Å². The van der Waals surface area contributed by atoms with E-state index in [-0.39, 0.29) is 24.5 Å². The Bertz CT molecular complexity index is 809. The number of ether oxygens (including phenoxy) is 1. The lowest BCUT2D eigenvalue weighted by Gasteiger charge is -2.34. The van der Waals surface area contributed by atoms with Crippen molar-refractivity contribution in [1.29, 1.82) is 0 Å². The van der Waals surface area contributed by atoms with Gasteiger partial charge in [0.15, 0.2) is 6.61 Å². The van der Waals surface area contributed by atoms with E-state index in [2.05, 4.69) is 15.6 Å². The molecular weight excluding hydrogens is 320 g/mol. The predicted octanol–water partition coefficient (Wildman–Crippen LogP) is 1.20. The maximum absolute atomic E-state index is 12.9. The summed E-state index contributed by atoms with van der Waals surface area (Å²) < 4.78 is 5.34. The fourth-order valence-electron chi connectivity index (χ4n) is 3.15. The Labute approximate surface area is 145 Å². The van der Waals surface area contributed by atoms with Gasteiger partial charge < -0.3 is 20.3 Å². The second kappa shape index (κ2) is 6.52. The zero-order chi connectivity index (χ0) is 17.2. The number of amides is 2. The monoisotopic (exact) mass is 338 g/mol. The number of fused-ring (bicyclic) bond motifs is 1. The third-order valence-electron chi connectivity index (χ3n) is 4.43. The summed E-state index contributed by atoms with van der Waals surface area (Å²) in [5, 5.41) is 6.17. The van der Waals surface area contributed by atoms with E-state index in [0.717, 1.165) is 12.1 Å². The molecule has 7 nitrogen and oxygen atoms in total. The zero-order valence-corrected chi connectivity index (χ0v) is 13.6. The van der Waals surface area contributed by atoms with E-state index in [9.17, 15) is 9.59 Å². The van der Waals surface area contributed by atoms with Crippen LogP contribution < -0.4 is 15.4 Å². The van der Waals surface area contributed by atoms with E-state index in [1.165, 1.54) is 0 Å². The number of nitrogens with zero attached hydrogens (tertiary/aromatic N) is 2. The molecule has 2 aliphatic heterocycles. The quantitative estimate of drug-likeness (QED) is 0.860. The highest BCUT2D eigenvalue weighted by atomic mass is 16.5. The highest BCUT2D eigenvalue weighted by Gasteiger charge is 2.26. The third kappa shape index (κ3) is 3.18. The molecule has 2 aromatic rings. The van der Waals surface area contributed by atoms with Gasteiger partial charge in [-0.15, -0.1) is 0 Å². The fraction of sp³-hybridized carbons (Fsp3) is 0.278. The lowest BCUT2D eigenvalue weighted by Crippen LogP contribution is -2.48. The van der Waals surface area contributed by atoms with Crippen LogP contribution in [0.3, 0.4) is 0 Å². The molecule has 25 heavy (non-hydrogen) atoms. The standard InChI is InChI=1S/C18H18N4O3/c23-17-11-25-16-2-1-13(9-14(16)21-17)18(24)22-8-7-20-15(10-22)12-3-5-19-6-4-12/h1-6,9,15,20H,7-8,10-11H2,(H,21,23). The molecule has 2 N–H and O–H groups in total. The van der Waals surface area contributed by atoms with Crippen molar-refractivity contribution in [2.24, 2.45) is 0 Å². The predicted molar refractivity (Wildman–Crippen MR) is 91.5 cm³/mol. The molecule has 3 heterocycles. The van der Waals surface area contributed by atoms with Crippen LogP contribution in [0.25, 0.3) is 0 Å². The molecule has 0 aliphatic carbocycles. The SMILES string of the molecule is O=C1COc2ccc(C(=O)N3CCNC(c4ccncc4)C3)cc2N1. The summed E-state index contributed by atoms with van der Waals surface area (Å²) in [5.41, 5.74) is 2.20. The highest BCUT2D eigenvalue weighted by Crippen LogP contribution is 2.29. The Morgan fingerprint density at radius 3 is 2.92 bits per heavy atom. The van der Waals surface area contributed by atoms with Gasteiger partial charge in [0.1, 0.15) is 5.75 Å². The van der Waals surface area contributed by atoms with Crippen molar-refractivity contribution in [2.75, 3.05) is 31.6 Å². The Kier molecular flexibility index (Phi) is 4.07. The molecule has 0 saturated carbocycles. The summed E-state index contributed by atoms with van der Waals surface area (Å²) in [4.78, 5) is 30.2. The average Bonchev–Trinajstić information content (AvgIpc) is 2.67. The molecule has 0 radical (unpaired) electrons. The van der Waals surface area contributed by atoms with Gasteiger partial charge in [-0.1, -0.05) is 0 Å². The van der Waals surface area contributed by atoms with Crippen LogP contribution in [0.2, 0.25) is 0 Å². The van der Waals surface area contributed by atoms with Crippen LogP contribution in [0.4, 0.5) is 5.69 Å². The van der Waals surface area contributed by atoms with Crippen LogP contribution in [0.15, 0.2) is 42.7 Å². The Hall–Kier alpha value is -2.93.